The molecular weight excluding hydrogens is 226 g/mol. The van der Waals surface area contributed by atoms with E-state index in [9.17, 15) is 0 Å². The maximum atomic E-state index is 6.12. The van der Waals surface area contributed by atoms with Crippen molar-refractivity contribution in [2.45, 2.75) is 19.1 Å². The van der Waals surface area contributed by atoms with Crippen molar-refractivity contribution in [3.63, 3.8) is 0 Å². The van der Waals surface area contributed by atoms with E-state index in [-0.39, 0.29) is 12.2 Å². The minimum Gasteiger partial charge on any atom is -0.370 e. The van der Waals surface area contributed by atoms with Crippen molar-refractivity contribution in [3.05, 3.63) is 23.4 Å². The Labute approximate surface area is 100 Å². The minimum atomic E-state index is 0.0572. The molecular formula is C11H16ClN3O. The fourth-order valence-corrected chi connectivity index (χ4v) is 2.20. The van der Waals surface area contributed by atoms with Crippen LogP contribution in [0.5, 0.6) is 0 Å². The van der Waals surface area contributed by atoms with Crippen LogP contribution in [0, 0.1) is 0 Å². The number of rotatable bonds is 2. The monoisotopic (exact) mass is 241 g/mol. The van der Waals surface area contributed by atoms with Gasteiger partial charge in [-0.1, -0.05) is 11.6 Å². The predicted octanol–water partition coefficient (Wildman–Crippen LogP) is 1.29. The van der Waals surface area contributed by atoms with E-state index in [2.05, 4.69) is 9.88 Å². The quantitative estimate of drug-likeness (QED) is 0.848. The van der Waals surface area contributed by atoms with Gasteiger partial charge in [0.25, 0.3) is 0 Å². The molecule has 0 aliphatic carbocycles. The van der Waals surface area contributed by atoms with E-state index >= 15 is 0 Å². The van der Waals surface area contributed by atoms with Crippen molar-refractivity contribution in [2.24, 2.45) is 5.73 Å². The van der Waals surface area contributed by atoms with Crippen molar-refractivity contribution >= 4 is 17.4 Å². The van der Waals surface area contributed by atoms with E-state index in [1.807, 2.05) is 19.1 Å². The van der Waals surface area contributed by atoms with Crippen LogP contribution in [0.1, 0.15) is 6.92 Å². The summed E-state index contributed by atoms with van der Waals surface area (Å²) >= 11 is 6.12. The van der Waals surface area contributed by atoms with Crippen LogP contribution in [0.15, 0.2) is 18.3 Å². The van der Waals surface area contributed by atoms with E-state index < -0.39 is 0 Å². The van der Waals surface area contributed by atoms with Crippen LogP contribution in [0.25, 0.3) is 0 Å². The van der Waals surface area contributed by atoms with Crippen LogP contribution in [-0.2, 0) is 4.74 Å². The first-order chi connectivity index (χ1) is 7.70. The molecule has 1 aliphatic heterocycles. The molecule has 2 atom stereocenters. The van der Waals surface area contributed by atoms with E-state index in [1.165, 1.54) is 0 Å². The summed E-state index contributed by atoms with van der Waals surface area (Å²) in [7, 11) is 0. The lowest BCUT2D eigenvalue weighted by Crippen LogP contribution is -2.49. The van der Waals surface area contributed by atoms with Crippen molar-refractivity contribution in [1.82, 2.24) is 4.98 Å². The largest absolute Gasteiger partial charge is 0.370 e. The maximum absolute atomic E-state index is 6.12. The Kier molecular flexibility index (Phi) is 3.63. The van der Waals surface area contributed by atoms with Gasteiger partial charge >= 0.3 is 0 Å². The average molecular weight is 242 g/mol. The molecule has 0 radical (unpaired) electrons. The summed E-state index contributed by atoms with van der Waals surface area (Å²) in [6.07, 6.45) is 1.96. The molecule has 0 spiro atoms. The lowest BCUT2D eigenvalue weighted by Gasteiger charge is -2.37. The van der Waals surface area contributed by atoms with Crippen molar-refractivity contribution in [1.29, 1.82) is 0 Å². The zero-order chi connectivity index (χ0) is 11.5. The van der Waals surface area contributed by atoms with Gasteiger partial charge in [0.15, 0.2) is 0 Å². The molecule has 4 nitrogen and oxygen atoms in total. The second kappa shape index (κ2) is 4.99. The summed E-state index contributed by atoms with van der Waals surface area (Å²) in [5, 5.41) is 0.673. The Morgan fingerprint density at radius 3 is 3.12 bits per heavy atom. The van der Waals surface area contributed by atoms with Crippen molar-refractivity contribution in [2.75, 3.05) is 24.5 Å². The lowest BCUT2D eigenvalue weighted by atomic mass is 10.2. The number of nitrogens with zero attached hydrogens (tertiary/aromatic N) is 2. The fraction of sp³-hybridized carbons (Fsp3) is 0.545. The summed E-state index contributed by atoms with van der Waals surface area (Å²) in [6.45, 7) is 4.10. The first-order valence-electron chi connectivity index (χ1n) is 5.41. The molecule has 1 fully saturated rings. The number of hydrogen-bond acceptors (Lipinski definition) is 4. The van der Waals surface area contributed by atoms with Gasteiger partial charge in [0.2, 0.25) is 0 Å². The molecule has 5 heteroatoms. The van der Waals surface area contributed by atoms with Crippen LogP contribution in [0.3, 0.4) is 0 Å². The highest BCUT2D eigenvalue weighted by molar-refractivity contribution is 6.32. The number of anilines is 1. The molecule has 2 unspecified atom stereocenters. The van der Waals surface area contributed by atoms with E-state index in [1.54, 1.807) is 6.20 Å². The second-order valence-corrected chi connectivity index (χ2v) is 4.43. The van der Waals surface area contributed by atoms with Gasteiger partial charge in [0.1, 0.15) is 5.82 Å². The molecule has 0 amide bonds. The Hall–Kier alpha value is -0.840. The van der Waals surface area contributed by atoms with Crippen LogP contribution in [-0.4, -0.2) is 36.8 Å². The number of morpholine rings is 1. The first-order valence-corrected chi connectivity index (χ1v) is 5.79. The Bertz CT molecular complexity index is 361. The van der Waals surface area contributed by atoms with Crippen LogP contribution in [0.4, 0.5) is 5.82 Å². The Balaban J connectivity index is 2.17. The van der Waals surface area contributed by atoms with E-state index in [0.717, 1.165) is 18.9 Å². The third-order valence-corrected chi connectivity index (χ3v) is 2.92. The molecule has 1 saturated heterocycles. The normalized spacial score (nSPS) is 25.8. The number of halogens is 1. The number of hydrogen-bond donors (Lipinski definition) is 1. The zero-order valence-corrected chi connectivity index (χ0v) is 10.0. The predicted molar refractivity (Wildman–Crippen MR) is 64.8 cm³/mol. The van der Waals surface area contributed by atoms with Gasteiger partial charge in [-0.2, -0.15) is 0 Å². The van der Waals surface area contributed by atoms with Gasteiger partial charge in [-0.25, -0.2) is 4.98 Å². The van der Waals surface area contributed by atoms with Crippen molar-refractivity contribution < 1.29 is 4.74 Å². The van der Waals surface area contributed by atoms with Gasteiger partial charge in [0, 0.05) is 25.8 Å². The molecule has 0 bridgehead atoms. The van der Waals surface area contributed by atoms with Crippen LogP contribution < -0.4 is 10.6 Å². The molecule has 2 N–H and O–H groups in total. The molecule has 1 aromatic heterocycles. The van der Waals surface area contributed by atoms with Gasteiger partial charge in [-0.15, -0.1) is 0 Å². The SMILES string of the molecule is CC1CN(c2ncccc2Cl)CC(CN)O1. The number of aromatic nitrogens is 1. The number of nitrogens with two attached hydrogens (primary N) is 1. The standard InChI is InChI=1S/C11H16ClN3O/c1-8-6-15(7-9(5-13)16-8)11-10(12)3-2-4-14-11/h2-4,8-9H,5-7,13H2,1H3. The zero-order valence-electron chi connectivity index (χ0n) is 9.27. The van der Waals surface area contributed by atoms with E-state index in [4.69, 9.17) is 22.1 Å². The van der Waals surface area contributed by atoms with Crippen LogP contribution >= 0.6 is 11.6 Å². The molecule has 88 valence electrons. The van der Waals surface area contributed by atoms with Gasteiger partial charge < -0.3 is 15.4 Å². The first kappa shape index (κ1) is 11.6. The fourth-order valence-electron chi connectivity index (χ4n) is 1.96. The molecule has 0 aromatic carbocycles. The van der Waals surface area contributed by atoms with Gasteiger partial charge in [0.05, 0.1) is 17.2 Å². The maximum Gasteiger partial charge on any atom is 0.147 e. The lowest BCUT2D eigenvalue weighted by molar-refractivity contribution is -0.0106. The summed E-state index contributed by atoms with van der Waals surface area (Å²) in [5.41, 5.74) is 5.64. The molecule has 0 saturated carbocycles. The summed E-state index contributed by atoms with van der Waals surface area (Å²) in [5.74, 6) is 0.817. The second-order valence-electron chi connectivity index (χ2n) is 4.02. The summed E-state index contributed by atoms with van der Waals surface area (Å²) in [4.78, 5) is 6.44. The highest BCUT2D eigenvalue weighted by atomic mass is 35.5. The van der Waals surface area contributed by atoms with Gasteiger partial charge in [-0.3, -0.25) is 0 Å². The highest BCUT2D eigenvalue weighted by Crippen LogP contribution is 2.25. The Morgan fingerprint density at radius 2 is 2.44 bits per heavy atom. The van der Waals surface area contributed by atoms with E-state index in [0.29, 0.717) is 11.6 Å². The third kappa shape index (κ3) is 2.45. The number of ether oxygens (including phenoxy) is 1. The summed E-state index contributed by atoms with van der Waals surface area (Å²) < 4.78 is 5.69. The summed E-state index contributed by atoms with van der Waals surface area (Å²) in [6, 6.07) is 3.68. The highest BCUT2D eigenvalue weighted by Gasteiger charge is 2.26. The molecule has 16 heavy (non-hydrogen) atoms. The third-order valence-electron chi connectivity index (χ3n) is 2.63. The molecule has 2 heterocycles. The molecule has 2 rings (SSSR count). The molecule has 1 aliphatic rings. The Morgan fingerprint density at radius 1 is 1.62 bits per heavy atom. The number of pyridine rings is 1. The molecule has 1 aromatic rings. The van der Waals surface area contributed by atoms with Gasteiger partial charge in [-0.05, 0) is 19.1 Å². The van der Waals surface area contributed by atoms with Crippen LogP contribution in [0.2, 0.25) is 5.02 Å². The minimum absolute atomic E-state index is 0.0572. The topological polar surface area (TPSA) is 51.4 Å². The van der Waals surface area contributed by atoms with Crippen molar-refractivity contribution in [3.8, 4) is 0 Å². The average Bonchev–Trinajstić information content (AvgIpc) is 2.28. The smallest absolute Gasteiger partial charge is 0.147 e.